The fourth-order valence-electron chi connectivity index (χ4n) is 2.44. The number of hydrogen-bond donors (Lipinski definition) is 4. The molecule has 4 N–H and O–H groups in total. The predicted molar refractivity (Wildman–Crippen MR) is 97.1 cm³/mol. The van der Waals surface area contributed by atoms with E-state index in [2.05, 4.69) is 16.1 Å². The molecular formula is C16H24N5O3S+. The fourth-order valence-corrected chi connectivity index (χ4v) is 2.63. The smallest absolute Gasteiger partial charge is 0.344 e. The summed E-state index contributed by atoms with van der Waals surface area (Å²) in [6.45, 7) is 3.13. The predicted octanol–water partition coefficient (Wildman–Crippen LogP) is -1.01. The third-order valence-electron chi connectivity index (χ3n) is 3.96. The maximum absolute atomic E-state index is 12.8. The van der Waals surface area contributed by atoms with E-state index in [1.54, 1.807) is 38.3 Å². The lowest BCUT2D eigenvalue weighted by molar-refractivity contribution is -0.856. The zero-order valence-electron chi connectivity index (χ0n) is 14.8. The van der Waals surface area contributed by atoms with Crippen molar-refractivity contribution in [1.82, 2.24) is 21.1 Å². The van der Waals surface area contributed by atoms with Crippen molar-refractivity contribution in [2.24, 2.45) is 0 Å². The average molecular weight is 366 g/mol. The van der Waals surface area contributed by atoms with Gasteiger partial charge in [0.25, 0.3) is 5.91 Å². The number of rotatable bonds is 6. The number of carbonyl (C=O) groups is 2. The molecule has 1 aromatic carbocycles. The molecule has 0 bridgehead atoms. The Morgan fingerprint density at radius 1 is 1.40 bits per heavy atom. The van der Waals surface area contributed by atoms with Gasteiger partial charge < -0.3 is 20.3 Å². The number of carbonyl (C=O) groups excluding carboxylic acids is 2. The number of nitrogens with one attached hydrogen (secondary N) is 4. The molecule has 1 fully saturated rings. The molecule has 9 heteroatoms. The third kappa shape index (κ3) is 4.18. The van der Waals surface area contributed by atoms with Crippen LogP contribution in [0, 0.1) is 0 Å². The second-order valence-electron chi connectivity index (χ2n) is 6.25. The van der Waals surface area contributed by atoms with Crippen LogP contribution in [0.2, 0.25) is 0 Å². The molecule has 2 rings (SSSR count). The van der Waals surface area contributed by atoms with Gasteiger partial charge in [0.1, 0.15) is 11.3 Å². The molecule has 1 heterocycles. The van der Waals surface area contributed by atoms with Crippen molar-refractivity contribution < 1.29 is 19.2 Å². The van der Waals surface area contributed by atoms with Crippen LogP contribution in [0.15, 0.2) is 24.3 Å². The molecule has 8 nitrogen and oxygen atoms in total. The van der Waals surface area contributed by atoms with E-state index in [-0.39, 0.29) is 5.11 Å². The summed E-state index contributed by atoms with van der Waals surface area (Å²) < 4.78 is 5.19. The highest BCUT2D eigenvalue weighted by atomic mass is 32.1. The average Bonchev–Trinajstić information content (AvgIpc) is 2.79. The van der Waals surface area contributed by atoms with Gasteiger partial charge in [0.05, 0.1) is 34.3 Å². The molecule has 0 radical (unpaired) electrons. The van der Waals surface area contributed by atoms with E-state index in [0.29, 0.717) is 17.9 Å². The molecule has 0 aromatic heterocycles. The van der Waals surface area contributed by atoms with Crippen molar-refractivity contribution >= 4 is 29.3 Å². The minimum absolute atomic E-state index is 0.222. The van der Waals surface area contributed by atoms with E-state index in [1.165, 1.54) is 4.90 Å². The van der Waals surface area contributed by atoms with Crippen LogP contribution in [0.5, 0.6) is 5.75 Å². The second-order valence-corrected chi connectivity index (χ2v) is 6.66. The van der Waals surface area contributed by atoms with Gasteiger partial charge in [0.2, 0.25) is 0 Å². The lowest BCUT2D eigenvalue weighted by Gasteiger charge is -2.23. The van der Waals surface area contributed by atoms with Crippen molar-refractivity contribution in [3.05, 3.63) is 29.8 Å². The van der Waals surface area contributed by atoms with Crippen LogP contribution in [-0.2, 0) is 10.3 Å². The molecule has 1 atom stereocenters. The van der Waals surface area contributed by atoms with Gasteiger partial charge in [0.15, 0.2) is 5.11 Å². The zero-order chi connectivity index (χ0) is 18.6. The monoisotopic (exact) mass is 366 g/mol. The lowest BCUT2D eigenvalue weighted by Crippen LogP contribution is -3.06. The van der Waals surface area contributed by atoms with Crippen LogP contribution < -0.4 is 25.7 Å². The van der Waals surface area contributed by atoms with Crippen molar-refractivity contribution in [2.75, 3.05) is 34.3 Å². The highest BCUT2D eigenvalue weighted by molar-refractivity contribution is 7.80. The number of imide groups is 1. The summed E-state index contributed by atoms with van der Waals surface area (Å²) in [6.07, 6.45) is 0. The van der Waals surface area contributed by atoms with Crippen molar-refractivity contribution in [3.63, 3.8) is 0 Å². The number of benzene rings is 1. The Morgan fingerprint density at radius 3 is 2.76 bits per heavy atom. The van der Waals surface area contributed by atoms with Crippen LogP contribution in [0.4, 0.5) is 4.79 Å². The molecule has 0 saturated carbocycles. The number of methoxy groups -OCH3 is 1. The number of ether oxygens (including phenoxy) is 1. The van der Waals surface area contributed by atoms with Crippen LogP contribution >= 0.6 is 12.2 Å². The van der Waals surface area contributed by atoms with E-state index < -0.39 is 17.5 Å². The van der Waals surface area contributed by atoms with Crippen molar-refractivity contribution in [3.8, 4) is 5.75 Å². The number of hydrogen-bond acceptors (Lipinski definition) is 4. The van der Waals surface area contributed by atoms with Gasteiger partial charge in [0, 0.05) is 0 Å². The van der Waals surface area contributed by atoms with Gasteiger partial charge in [-0.15, -0.1) is 0 Å². The van der Waals surface area contributed by atoms with E-state index in [4.69, 9.17) is 17.0 Å². The molecule has 1 saturated heterocycles. The SMILES string of the molecule is COc1cccc([C@@]2(C)NC(=O)N(NC(=S)NCC[NH+](C)C)C2=O)c1. The number of hydrazine groups is 1. The Kier molecular flexibility index (Phi) is 5.81. The molecule has 0 aliphatic carbocycles. The summed E-state index contributed by atoms with van der Waals surface area (Å²) in [4.78, 5) is 26.3. The largest absolute Gasteiger partial charge is 0.497 e. The summed E-state index contributed by atoms with van der Waals surface area (Å²) in [6, 6.07) is 6.47. The molecule has 0 unspecified atom stereocenters. The molecular weight excluding hydrogens is 342 g/mol. The topological polar surface area (TPSA) is 87.1 Å². The number of likely N-dealkylation sites (N-methyl/N-ethyl adjacent to an activating group) is 1. The van der Waals surface area contributed by atoms with Crippen LogP contribution in [0.3, 0.4) is 0 Å². The first-order valence-electron chi connectivity index (χ1n) is 7.92. The summed E-state index contributed by atoms with van der Waals surface area (Å²) in [5.41, 5.74) is 2.09. The van der Waals surface area contributed by atoms with Crippen LogP contribution in [0.1, 0.15) is 12.5 Å². The minimum atomic E-state index is -1.19. The lowest BCUT2D eigenvalue weighted by atomic mass is 9.92. The quantitative estimate of drug-likeness (QED) is 0.381. The van der Waals surface area contributed by atoms with Gasteiger partial charge in [-0.3, -0.25) is 10.2 Å². The van der Waals surface area contributed by atoms with E-state index in [0.717, 1.165) is 11.6 Å². The van der Waals surface area contributed by atoms with Gasteiger partial charge in [-0.05, 0) is 36.8 Å². The van der Waals surface area contributed by atoms with Gasteiger partial charge in [-0.2, -0.15) is 5.01 Å². The molecule has 0 spiro atoms. The number of urea groups is 1. The summed E-state index contributed by atoms with van der Waals surface area (Å²) in [5, 5.41) is 6.80. The Morgan fingerprint density at radius 2 is 2.12 bits per heavy atom. The number of thiocarbonyl (C=S) groups is 1. The zero-order valence-corrected chi connectivity index (χ0v) is 15.6. The molecule has 1 aliphatic rings. The number of nitrogens with zero attached hydrogens (tertiary/aromatic N) is 1. The minimum Gasteiger partial charge on any atom is -0.497 e. The Hall–Kier alpha value is -2.39. The standard InChI is InChI=1S/C16H23N5O3S/c1-16(11-6-5-7-12(10-11)24-4)13(22)21(15(23)18-16)19-14(25)17-8-9-20(2)3/h5-7,10H,8-9H2,1-4H3,(H,18,23)(H2,17,19,25)/p+1/t16-/m1/s1. The molecule has 1 aliphatic heterocycles. The van der Waals surface area contributed by atoms with Gasteiger partial charge in [-0.25, -0.2) is 4.79 Å². The summed E-state index contributed by atoms with van der Waals surface area (Å²) in [5.74, 6) is 0.170. The maximum atomic E-state index is 12.8. The van der Waals surface area contributed by atoms with Crippen molar-refractivity contribution in [1.29, 1.82) is 0 Å². The summed E-state index contributed by atoms with van der Waals surface area (Å²) >= 11 is 5.15. The first kappa shape index (κ1) is 18.9. The van der Waals surface area contributed by atoms with Gasteiger partial charge in [-0.1, -0.05) is 12.1 Å². The first-order chi connectivity index (χ1) is 11.8. The number of amides is 3. The highest BCUT2D eigenvalue weighted by Gasteiger charge is 2.49. The highest BCUT2D eigenvalue weighted by Crippen LogP contribution is 2.30. The maximum Gasteiger partial charge on any atom is 0.344 e. The second kappa shape index (κ2) is 7.66. The Bertz CT molecular complexity index is 681. The number of quaternary nitrogens is 1. The van der Waals surface area contributed by atoms with Gasteiger partial charge >= 0.3 is 6.03 Å². The van der Waals surface area contributed by atoms with Crippen molar-refractivity contribution in [2.45, 2.75) is 12.5 Å². The van der Waals surface area contributed by atoms with Crippen LogP contribution in [0.25, 0.3) is 0 Å². The first-order valence-corrected chi connectivity index (χ1v) is 8.33. The third-order valence-corrected chi connectivity index (χ3v) is 4.20. The van der Waals surface area contributed by atoms with E-state index >= 15 is 0 Å². The van der Waals surface area contributed by atoms with E-state index in [1.807, 2.05) is 14.1 Å². The van der Waals surface area contributed by atoms with Crippen LogP contribution in [-0.4, -0.2) is 56.4 Å². The molecule has 136 valence electrons. The molecule has 3 amide bonds. The Balaban J connectivity index is 2.09. The normalized spacial score (nSPS) is 19.8. The molecule has 1 aromatic rings. The molecule has 25 heavy (non-hydrogen) atoms. The van der Waals surface area contributed by atoms with E-state index in [9.17, 15) is 9.59 Å². The fraction of sp³-hybridized carbons (Fsp3) is 0.438. The Labute approximate surface area is 152 Å². The summed E-state index contributed by atoms with van der Waals surface area (Å²) in [7, 11) is 5.59.